The van der Waals surface area contributed by atoms with E-state index >= 15 is 0 Å². The van der Waals surface area contributed by atoms with Gasteiger partial charge in [-0.1, -0.05) is 12.1 Å². The SMILES string of the molecule is C[C@@H](O[C@H]1OCCN(CC2=CC(=O)CN2)[C@H]1c1ccc(F)cc1)c1cc(C(F)(F)F)cc(C(F)(F)F)c1. The summed E-state index contributed by atoms with van der Waals surface area (Å²) in [6.07, 6.45) is -10.9. The Hall–Kier alpha value is -2.96. The molecule has 5 nitrogen and oxygen atoms in total. The lowest BCUT2D eigenvalue weighted by molar-refractivity contribution is -0.228. The quantitative estimate of drug-likeness (QED) is 0.506. The molecule has 2 aliphatic rings. The van der Waals surface area contributed by atoms with Crippen molar-refractivity contribution in [1.29, 1.82) is 0 Å². The minimum absolute atomic E-state index is 0.0556. The molecular formula is C25H23F7N2O3. The van der Waals surface area contributed by atoms with E-state index in [1.807, 2.05) is 4.90 Å². The molecule has 2 aromatic carbocycles. The van der Waals surface area contributed by atoms with Gasteiger partial charge >= 0.3 is 12.4 Å². The smallest absolute Gasteiger partial charge is 0.380 e. The topological polar surface area (TPSA) is 50.8 Å². The summed E-state index contributed by atoms with van der Waals surface area (Å²) in [5.41, 5.74) is -2.02. The molecule has 0 aliphatic carbocycles. The second kappa shape index (κ2) is 10.4. The molecule has 2 aromatic rings. The Morgan fingerprint density at radius 1 is 1.05 bits per heavy atom. The highest BCUT2D eigenvalue weighted by Gasteiger charge is 2.39. The first kappa shape index (κ1) is 27.1. The van der Waals surface area contributed by atoms with Crippen molar-refractivity contribution in [2.45, 2.75) is 37.7 Å². The van der Waals surface area contributed by atoms with Crippen molar-refractivity contribution in [3.63, 3.8) is 0 Å². The number of benzene rings is 2. The molecule has 3 atom stereocenters. The van der Waals surface area contributed by atoms with E-state index in [9.17, 15) is 35.5 Å². The van der Waals surface area contributed by atoms with Crippen molar-refractivity contribution >= 4 is 5.78 Å². The van der Waals surface area contributed by atoms with Gasteiger partial charge in [0.05, 0.1) is 36.4 Å². The number of nitrogens with one attached hydrogen (secondary N) is 1. The molecule has 2 aliphatic heterocycles. The van der Waals surface area contributed by atoms with Crippen molar-refractivity contribution in [3.8, 4) is 0 Å². The molecule has 1 N–H and O–H groups in total. The van der Waals surface area contributed by atoms with Crippen LogP contribution in [-0.2, 0) is 26.6 Å². The van der Waals surface area contributed by atoms with E-state index in [1.54, 1.807) is 0 Å². The molecule has 0 bridgehead atoms. The van der Waals surface area contributed by atoms with Crippen molar-refractivity contribution < 1.29 is 45.0 Å². The summed E-state index contributed by atoms with van der Waals surface area (Å²) in [5, 5.41) is 2.97. The third-order valence-electron chi connectivity index (χ3n) is 6.14. The molecule has 0 saturated carbocycles. The highest BCUT2D eigenvalue weighted by atomic mass is 19.4. The maximum atomic E-state index is 13.6. The zero-order valence-electron chi connectivity index (χ0n) is 19.5. The van der Waals surface area contributed by atoms with Crippen LogP contribution in [0, 0.1) is 5.82 Å². The molecule has 4 rings (SSSR count). The number of ketones is 1. The number of carbonyl (C=O) groups excluding carboxylic acids is 1. The summed E-state index contributed by atoms with van der Waals surface area (Å²) in [6, 6.07) is 6.04. The highest BCUT2D eigenvalue weighted by Crippen LogP contribution is 2.39. The Labute approximate surface area is 207 Å². The average molecular weight is 532 g/mol. The molecule has 0 amide bonds. The van der Waals surface area contributed by atoms with Gasteiger partial charge in [-0.2, -0.15) is 26.3 Å². The lowest BCUT2D eigenvalue weighted by atomic mass is 10.0. The number of ether oxygens (including phenoxy) is 2. The molecule has 1 fully saturated rings. The van der Waals surface area contributed by atoms with Gasteiger partial charge in [0.1, 0.15) is 5.82 Å². The number of nitrogens with zero attached hydrogens (tertiary/aromatic N) is 1. The Kier molecular flexibility index (Phi) is 7.63. The molecule has 200 valence electrons. The van der Waals surface area contributed by atoms with Crippen molar-refractivity contribution in [3.05, 3.63) is 82.3 Å². The average Bonchev–Trinajstić information content (AvgIpc) is 3.23. The van der Waals surface area contributed by atoms with Gasteiger partial charge in [-0.05, 0) is 48.4 Å². The van der Waals surface area contributed by atoms with Gasteiger partial charge in [-0.25, -0.2) is 4.39 Å². The lowest BCUT2D eigenvalue weighted by Crippen LogP contribution is -2.48. The molecule has 0 radical (unpaired) electrons. The summed E-state index contributed by atoms with van der Waals surface area (Å²) in [4.78, 5) is 13.5. The van der Waals surface area contributed by atoms with Crippen LogP contribution in [0.3, 0.4) is 0 Å². The van der Waals surface area contributed by atoms with Gasteiger partial charge in [-0.15, -0.1) is 0 Å². The molecule has 0 aromatic heterocycles. The summed E-state index contributed by atoms with van der Waals surface area (Å²) in [7, 11) is 0. The normalized spacial score (nSPS) is 22.1. The van der Waals surface area contributed by atoms with E-state index in [4.69, 9.17) is 9.47 Å². The number of morpholine rings is 1. The second-order valence-corrected chi connectivity index (χ2v) is 8.81. The van der Waals surface area contributed by atoms with Crippen LogP contribution in [0.4, 0.5) is 30.7 Å². The number of carbonyl (C=O) groups is 1. The fraction of sp³-hybridized carbons (Fsp3) is 0.400. The molecule has 2 heterocycles. The van der Waals surface area contributed by atoms with Gasteiger partial charge in [0.25, 0.3) is 0 Å². The van der Waals surface area contributed by atoms with Crippen LogP contribution in [0.2, 0.25) is 0 Å². The van der Waals surface area contributed by atoms with Gasteiger partial charge in [0, 0.05) is 24.9 Å². The van der Waals surface area contributed by atoms with Crippen LogP contribution in [0.1, 0.15) is 41.3 Å². The van der Waals surface area contributed by atoms with Crippen molar-refractivity contribution in [1.82, 2.24) is 10.2 Å². The second-order valence-electron chi connectivity index (χ2n) is 8.81. The van der Waals surface area contributed by atoms with Crippen molar-refractivity contribution in [2.75, 3.05) is 26.2 Å². The molecule has 37 heavy (non-hydrogen) atoms. The molecule has 12 heteroatoms. The van der Waals surface area contributed by atoms with E-state index in [0.717, 1.165) is 0 Å². The maximum Gasteiger partial charge on any atom is 0.416 e. The van der Waals surface area contributed by atoms with Crippen LogP contribution in [0.25, 0.3) is 0 Å². The van der Waals surface area contributed by atoms with Gasteiger partial charge < -0.3 is 14.8 Å². The highest BCUT2D eigenvalue weighted by molar-refractivity contribution is 5.94. The number of rotatable bonds is 6. The van der Waals surface area contributed by atoms with E-state index in [-0.39, 0.29) is 37.1 Å². The minimum Gasteiger partial charge on any atom is -0.380 e. The van der Waals surface area contributed by atoms with Crippen LogP contribution >= 0.6 is 0 Å². The van der Waals surface area contributed by atoms with E-state index < -0.39 is 47.7 Å². The number of alkyl halides is 6. The number of hydrogen-bond acceptors (Lipinski definition) is 5. The van der Waals surface area contributed by atoms with Crippen LogP contribution in [-0.4, -0.2) is 43.2 Å². The van der Waals surface area contributed by atoms with Crippen LogP contribution in [0.15, 0.2) is 54.2 Å². The molecule has 1 saturated heterocycles. The van der Waals surface area contributed by atoms with E-state index in [2.05, 4.69) is 5.32 Å². The molecule has 0 spiro atoms. The first-order valence-electron chi connectivity index (χ1n) is 11.3. The third kappa shape index (κ3) is 6.49. The Morgan fingerprint density at radius 3 is 2.22 bits per heavy atom. The van der Waals surface area contributed by atoms with Gasteiger partial charge in [0.2, 0.25) is 0 Å². The molecule has 0 unspecified atom stereocenters. The monoisotopic (exact) mass is 532 g/mol. The Morgan fingerprint density at radius 2 is 1.68 bits per heavy atom. The van der Waals surface area contributed by atoms with Crippen LogP contribution < -0.4 is 5.32 Å². The van der Waals surface area contributed by atoms with Gasteiger partial charge in [-0.3, -0.25) is 9.69 Å². The third-order valence-corrected chi connectivity index (χ3v) is 6.14. The summed E-state index contributed by atoms with van der Waals surface area (Å²) >= 11 is 0. The van der Waals surface area contributed by atoms with Gasteiger partial charge in [0.15, 0.2) is 12.1 Å². The van der Waals surface area contributed by atoms with E-state index in [0.29, 0.717) is 29.9 Å². The van der Waals surface area contributed by atoms with E-state index in [1.165, 1.54) is 37.3 Å². The van der Waals surface area contributed by atoms with Crippen molar-refractivity contribution in [2.24, 2.45) is 0 Å². The Balaban J connectivity index is 1.65. The zero-order valence-corrected chi connectivity index (χ0v) is 19.5. The summed E-state index contributed by atoms with van der Waals surface area (Å²) in [5.74, 6) is -0.597. The zero-order chi connectivity index (χ0) is 27.0. The fourth-order valence-electron chi connectivity index (χ4n) is 4.32. The minimum atomic E-state index is -5.00. The molecular weight excluding hydrogens is 509 g/mol. The predicted molar refractivity (Wildman–Crippen MR) is 117 cm³/mol. The summed E-state index contributed by atoms with van der Waals surface area (Å²) in [6.45, 7) is 2.28. The number of halogens is 7. The number of hydrogen-bond donors (Lipinski definition) is 1. The Bertz CT molecular complexity index is 1130. The fourth-order valence-corrected chi connectivity index (χ4v) is 4.32. The predicted octanol–water partition coefficient (Wildman–Crippen LogP) is 5.40. The first-order chi connectivity index (χ1) is 17.3. The summed E-state index contributed by atoms with van der Waals surface area (Å²) < 4.78 is 105. The maximum absolute atomic E-state index is 13.6. The standard InChI is InChI=1S/C25H23F7N2O3/c1-14(16-8-17(24(27,28)29)10-18(9-16)25(30,31)32)37-23-22(15-2-4-19(26)5-3-15)34(6-7-36-23)13-20-11-21(35)12-33-20/h2-5,8-11,14,22-23,33H,6-7,12-13H2,1H3/t14-,22+,23-/m1/s1. The lowest BCUT2D eigenvalue weighted by Gasteiger charge is -2.42. The first-order valence-corrected chi connectivity index (χ1v) is 11.3. The largest absolute Gasteiger partial charge is 0.416 e. The van der Waals surface area contributed by atoms with Crippen LogP contribution in [0.5, 0.6) is 0 Å².